The number of ether oxygens (including phenoxy) is 1. The molecule has 0 spiro atoms. The Bertz CT molecular complexity index is 1760. The summed E-state index contributed by atoms with van der Waals surface area (Å²) in [6, 6.07) is 14.5. The molecule has 0 saturated heterocycles. The molecule has 0 aliphatic carbocycles. The van der Waals surface area contributed by atoms with E-state index in [1.54, 1.807) is 30.3 Å². The second-order valence-electron chi connectivity index (χ2n) is 12.0. The molecule has 0 N–H and O–H groups in total. The number of amides is 1. The van der Waals surface area contributed by atoms with Crippen LogP contribution >= 0.6 is 11.6 Å². The summed E-state index contributed by atoms with van der Waals surface area (Å²) in [4.78, 5) is 33.9. The SMILES string of the molecule is CCCCc1oc2ccc(N(C(=O)c3ccc(Cl)nc3)S(C)(=O)=O)cc2c1C(=O)c1ccc(OCCCN(CCCC)CCCC)cc1. The third kappa shape index (κ3) is 9.67. The quantitative estimate of drug-likeness (QED) is 0.0547. The van der Waals surface area contributed by atoms with Crippen LogP contribution in [0.2, 0.25) is 5.15 Å². The van der Waals surface area contributed by atoms with Crippen LogP contribution in [0.4, 0.5) is 5.69 Å². The summed E-state index contributed by atoms with van der Waals surface area (Å²) in [5, 5.41) is 0.599. The van der Waals surface area contributed by atoms with Gasteiger partial charge < -0.3 is 14.1 Å². The molecule has 2 aromatic heterocycles. The van der Waals surface area contributed by atoms with E-state index in [0.717, 1.165) is 45.2 Å². The molecule has 0 saturated carbocycles. The standard InChI is InChI=1S/C37H46ClN3O6S/c1-5-8-12-33-35(36(42)27-13-17-30(18-14-27)46-24-11-23-40(21-9-6-2)22-10-7-3)31-25-29(16-19-32(31)47-33)41(48(4,44)45)37(43)28-15-20-34(38)39-26-28/h13-20,25-26H,5-12,21-24H2,1-4H3. The van der Waals surface area contributed by atoms with Crippen LogP contribution in [0.15, 0.2) is 65.2 Å². The molecule has 0 atom stereocenters. The molecular weight excluding hydrogens is 650 g/mol. The highest BCUT2D eigenvalue weighted by Gasteiger charge is 2.29. The molecular formula is C37H46ClN3O6S. The van der Waals surface area contributed by atoms with Crippen LogP contribution in [0.1, 0.15) is 97.8 Å². The molecule has 11 heteroatoms. The maximum atomic E-state index is 14.1. The van der Waals surface area contributed by atoms with E-state index >= 15 is 0 Å². The van der Waals surface area contributed by atoms with Crippen LogP contribution in [-0.4, -0.2) is 62.5 Å². The van der Waals surface area contributed by atoms with Crippen molar-refractivity contribution in [3.8, 4) is 5.75 Å². The number of carbonyl (C=O) groups excluding carboxylic acids is 2. The number of unbranched alkanes of at least 4 members (excludes halogenated alkanes) is 3. The normalized spacial score (nSPS) is 11.7. The first-order chi connectivity index (χ1) is 23.1. The zero-order chi connectivity index (χ0) is 34.7. The molecule has 0 fully saturated rings. The molecule has 0 aliphatic heterocycles. The molecule has 1 amide bonds. The lowest BCUT2D eigenvalue weighted by atomic mass is 9.98. The number of nitrogens with zero attached hydrogens (tertiary/aromatic N) is 3. The number of hydrogen-bond donors (Lipinski definition) is 0. The number of anilines is 1. The third-order valence-electron chi connectivity index (χ3n) is 8.11. The largest absolute Gasteiger partial charge is 0.494 e. The van der Waals surface area contributed by atoms with E-state index in [1.807, 2.05) is 0 Å². The van der Waals surface area contributed by atoms with Crippen LogP contribution in [0.25, 0.3) is 11.0 Å². The fourth-order valence-corrected chi connectivity index (χ4v) is 6.54. The number of halogens is 1. The van der Waals surface area contributed by atoms with Gasteiger partial charge >= 0.3 is 0 Å². The third-order valence-corrected chi connectivity index (χ3v) is 9.38. The van der Waals surface area contributed by atoms with E-state index in [2.05, 4.69) is 30.7 Å². The van der Waals surface area contributed by atoms with Crippen LogP contribution < -0.4 is 9.04 Å². The van der Waals surface area contributed by atoms with Crippen LogP contribution in [0.3, 0.4) is 0 Å². The minimum atomic E-state index is -4.07. The topological polar surface area (TPSA) is 110 Å². The van der Waals surface area contributed by atoms with E-state index in [0.29, 0.717) is 50.9 Å². The van der Waals surface area contributed by atoms with Gasteiger partial charge in [-0.15, -0.1) is 0 Å². The number of ketones is 1. The van der Waals surface area contributed by atoms with E-state index < -0.39 is 15.9 Å². The first kappa shape index (κ1) is 37.1. The van der Waals surface area contributed by atoms with Crippen molar-refractivity contribution in [2.24, 2.45) is 0 Å². The average Bonchev–Trinajstić information content (AvgIpc) is 3.43. The zero-order valence-electron chi connectivity index (χ0n) is 28.3. The van der Waals surface area contributed by atoms with Gasteiger partial charge in [-0.3, -0.25) is 9.59 Å². The molecule has 4 aromatic rings. The van der Waals surface area contributed by atoms with Crippen molar-refractivity contribution in [1.82, 2.24) is 9.88 Å². The Balaban J connectivity index is 1.58. The minimum absolute atomic E-state index is 0.0460. The molecule has 258 valence electrons. The molecule has 0 bridgehead atoms. The zero-order valence-corrected chi connectivity index (χ0v) is 29.9. The van der Waals surface area contributed by atoms with E-state index in [-0.39, 0.29) is 22.2 Å². The Labute approximate surface area is 289 Å². The highest BCUT2D eigenvalue weighted by atomic mass is 35.5. The van der Waals surface area contributed by atoms with Gasteiger partial charge in [0.05, 0.1) is 29.7 Å². The summed E-state index contributed by atoms with van der Waals surface area (Å²) in [7, 11) is -4.07. The number of carbonyl (C=O) groups is 2. The summed E-state index contributed by atoms with van der Waals surface area (Å²) < 4.78 is 38.7. The Hall–Kier alpha value is -3.73. The molecule has 4 rings (SSSR count). The lowest BCUT2D eigenvalue weighted by Crippen LogP contribution is -2.36. The first-order valence-electron chi connectivity index (χ1n) is 16.8. The van der Waals surface area contributed by atoms with Gasteiger partial charge in [0.25, 0.3) is 5.91 Å². The van der Waals surface area contributed by atoms with E-state index in [4.69, 9.17) is 20.8 Å². The Morgan fingerprint density at radius 1 is 0.854 bits per heavy atom. The lowest BCUT2D eigenvalue weighted by Gasteiger charge is -2.21. The highest BCUT2D eigenvalue weighted by molar-refractivity contribution is 7.92. The van der Waals surface area contributed by atoms with Crippen LogP contribution in [0, 0.1) is 0 Å². The fourth-order valence-electron chi connectivity index (χ4n) is 5.53. The van der Waals surface area contributed by atoms with Crippen molar-refractivity contribution in [1.29, 1.82) is 0 Å². The van der Waals surface area contributed by atoms with Gasteiger partial charge in [-0.25, -0.2) is 17.7 Å². The smallest absolute Gasteiger partial charge is 0.273 e. The second kappa shape index (κ2) is 17.6. The monoisotopic (exact) mass is 695 g/mol. The molecule has 0 unspecified atom stereocenters. The summed E-state index contributed by atoms with van der Waals surface area (Å²) in [6.45, 7) is 10.3. The second-order valence-corrected chi connectivity index (χ2v) is 14.2. The highest BCUT2D eigenvalue weighted by Crippen LogP contribution is 2.34. The number of rotatable bonds is 19. The van der Waals surface area contributed by atoms with E-state index in [9.17, 15) is 18.0 Å². The Morgan fingerprint density at radius 3 is 2.10 bits per heavy atom. The molecule has 0 aliphatic rings. The van der Waals surface area contributed by atoms with Gasteiger partial charge in [0.15, 0.2) is 5.78 Å². The summed E-state index contributed by atoms with van der Waals surface area (Å²) in [5.74, 6) is 0.146. The van der Waals surface area contributed by atoms with Gasteiger partial charge in [0.2, 0.25) is 10.0 Å². The van der Waals surface area contributed by atoms with Gasteiger partial charge in [0.1, 0.15) is 22.2 Å². The van der Waals surface area contributed by atoms with Crippen molar-refractivity contribution >= 4 is 50.0 Å². The number of sulfonamides is 1. The van der Waals surface area contributed by atoms with Crippen LogP contribution in [0.5, 0.6) is 5.75 Å². The summed E-state index contributed by atoms with van der Waals surface area (Å²) >= 11 is 5.87. The fraction of sp³-hybridized carbons (Fsp3) is 0.432. The molecule has 0 radical (unpaired) electrons. The van der Waals surface area contributed by atoms with Gasteiger partial charge in [0, 0.05) is 30.1 Å². The Kier molecular flexibility index (Phi) is 13.6. The molecule has 2 heterocycles. The van der Waals surface area contributed by atoms with Crippen molar-refractivity contribution < 1.29 is 27.2 Å². The predicted molar refractivity (Wildman–Crippen MR) is 192 cm³/mol. The van der Waals surface area contributed by atoms with Crippen LogP contribution in [-0.2, 0) is 16.4 Å². The number of benzene rings is 2. The molecule has 2 aromatic carbocycles. The molecule has 9 nitrogen and oxygen atoms in total. The van der Waals surface area contributed by atoms with Crippen molar-refractivity contribution in [2.45, 2.75) is 72.1 Å². The van der Waals surface area contributed by atoms with Crippen molar-refractivity contribution in [2.75, 3.05) is 36.8 Å². The van der Waals surface area contributed by atoms with Crippen molar-refractivity contribution in [3.05, 3.63) is 88.4 Å². The van der Waals surface area contributed by atoms with Gasteiger partial charge in [-0.2, -0.15) is 0 Å². The Morgan fingerprint density at radius 2 is 1.50 bits per heavy atom. The number of aromatic nitrogens is 1. The number of furan rings is 1. The molecule has 48 heavy (non-hydrogen) atoms. The van der Waals surface area contributed by atoms with Crippen molar-refractivity contribution in [3.63, 3.8) is 0 Å². The summed E-state index contributed by atoms with van der Waals surface area (Å²) in [6.07, 6.45) is 10.1. The minimum Gasteiger partial charge on any atom is -0.494 e. The number of fused-ring (bicyclic) bond motifs is 1. The van der Waals surface area contributed by atoms with Gasteiger partial charge in [-0.1, -0.05) is 51.6 Å². The summed E-state index contributed by atoms with van der Waals surface area (Å²) in [5.41, 5.74) is 1.34. The first-order valence-corrected chi connectivity index (χ1v) is 19.0. The number of aryl methyl sites for hydroxylation is 1. The average molecular weight is 696 g/mol. The van der Waals surface area contributed by atoms with E-state index in [1.165, 1.54) is 56.1 Å². The number of hydrogen-bond acceptors (Lipinski definition) is 8. The maximum Gasteiger partial charge on any atom is 0.273 e. The maximum absolute atomic E-state index is 14.1. The predicted octanol–water partition coefficient (Wildman–Crippen LogP) is 8.33. The number of pyridine rings is 1. The lowest BCUT2D eigenvalue weighted by molar-refractivity contribution is 0.100. The van der Waals surface area contributed by atoms with Gasteiger partial charge in [-0.05, 0) is 93.4 Å².